The number of para-hydroxylation sites is 1. The van der Waals surface area contributed by atoms with Crippen LogP contribution in [-0.4, -0.2) is 44.3 Å². The highest BCUT2D eigenvalue weighted by Gasteiger charge is 2.20. The molecule has 1 aliphatic rings. The van der Waals surface area contributed by atoms with Crippen LogP contribution in [0.3, 0.4) is 0 Å². The summed E-state index contributed by atoms with van der Waals surface area (Å²) in [4.78, 5) is 2.45. The highest BCUT2D eigenvalue weighted by atomic mass is 16.5. The average Bonchev–Trinajstić information content (AvgIpc) is 2.78. The SMILES string of the molecule is COC1CCN(CCNc2ccccc2)C1. The molecule has 2 rings (SSSR count). The fourth-order valence-corrected chi connectivity index (χ4v) is 2.11. The lowest BCUT2D eigenvalue weighted by Gasteiger charge is -2.16. The van der Waals surface area contributed by atoms with Gasteiger partial charge in [-0.05, 0) is 18.6 Å². The number of hydrogen-bond donors (Lipinski definition) is 1. The van der Waals surface area contributed by atoms with Gasteiger partial charge in [0.25, 0.3) is 0 Å². The van der Waals surface area contributed by atoms with Crippen LogP contribution in [0.4, 0.5) is 5.69 Å². The van der Waals surface area contributed by atoms with Crippen molar-refractivity contribution < 1.29 is 4.74 Å². The van der Waals surface area contributed by atoms with Gasteiger partial charge >= 0.3 is 0 Å². The van der Waals surface area contributed by atoms with Crippen molar-refractivity contribution >= 4 is 5.69 Å². The molecule has 1 unspecified atom stereocenters. The maximum atomic E-state index is 5.34. The van der Waals surface area contributed by atoms with Gasteiger partial charge in [-0.15, -0.1) is 0 Å². The molecule has 0 saturated carbocycles. The van der Waals surface area contributed by atoms with E-state index in [1.165, 1.54) is 12.1 Å². The molecule has 1 aliphatic heterocycles. The summed E-state index contributed by atoms with van der Waals surface area (Å²) in [5, 5.41) is 3.42. The predicted molar refractivity (Wildman–Crippen MR) is 66.8 cm³/mol. The van der Waals surface area contributed by atoms with Crippen LogP contribution in [-0.2, 0) is 4.74 Å². The molecule has 1 aromatic rings. The largest absolute Gasteiger partial charge is 0.384 e. The zero-order chi connectivity index (χ0) is 11.2. The molecule has 0 radical (unpaired) electrons. The summed E-state index contributed by atoms with van der Waals surface area (Å²) in [7, 11) is 1.80. The second-order valence-corrected chi connectivity index (χ2v) is 4.24. The lowest BCUT2D eigenvalue weighted by molar-refractivity contribution is 0.108. The van der Waals surface area contributed by atoms with Gasteiger partial charge in [0.15, 0.2) is 0 Å². The molecule has 1 fully saturated rings. The zero-order valence-corrected chi connectivity index (χ0v) is 9.86. The van der Waals surface area contributed by atoms with E-state index in [1.807, 2.05) is 6.07 Å². The number of methoxy groups -OCH3 is 1. The summed E-state index contributed by atoms with van der Waals surface area (Å²) in [6.07, 6.45) is 1.61. The van der Waals surface area contributed by atoms with Gasteiger partial charge in [0.05, 0.1) is 6.10 Å². The third kappa shape index (κ3) is 3.22. The Kier molecular flexibility index (Phi) is 4.19. The minimum Gasteiger partial charge on any atom is -0.384 e. The summed E-state index contributed by atoms with van der Waals surface area (Å²) in [5.74, 6) is 0. The molecule has 1 aromatic carbocycles. The second kappa shape index (κ2) is 5.87. The molecule has 3 nitrogen and oxygen atoms in total. The van der Waals surface area contributed by atoms with E-state index >= 15 is 0 Å². The van der Waals surface area contributed by atoms with Crippen LogP contribution >= 0.6 is 0 Å². The summed E-state index contributed by atoms with van der Waals surface area (Å²) in [5.41, 5.74) is 1.20. The highest BCUT2D eigenvalue weighted by molar-refractivity contribution is 5.42. The van der Waals surface area contributed by atoms with Crippen LogP contribution in [0.25, 0.3) is 0 Å². The smallest absolute Gasteiger partial charge is 0.0710 e. The van der Waals surface area contributed by atoms with Gasteiger partial charge in [-0.1, -0.05) is 18.2 Å². The van der Waals surface area contributed by atoms with Crippen LogP contribution in [0.2, 0.25) is 0 Å². The van der Waals surface area contributed by atoms with Crippen molar-refractivity contribution in [1.29, 1.82) is 0 Å². The topological polar surface area (TPSA) is 24.5 Å². The van der Waals surface area contributed by atoms with E-state index in [-0.39, 0.29) is 0 Å². The van der Waals surface area contributed by atoms with Gasteiger partial charge in [-0.3, -0.25) is 4.90 Å². The van der Waals surface area contributed by atoms with E-state index in [9.17, 15) is 0 Å². The number of hydrogen-bond acceptors (Lipinski definition) is 3. The van der Waals surface area contributed by atoms with Crippen molar-refractivity contribution in [2.75, 3.05) is 38.6 Å². The second-order valence-electron chi connectivity index (χ2n) is 4.24. The monoisotopic (exact) mass is 220 g/mol. The van der Waals surface area contributed by atoms with E-state index in [1.54, 1.807) is 7.11 Å². The van der Waals surface area contributed by atoms with Gasteiger partial charge in [-0.25, -0.2) is 0 Å². The number of rotatable bonds is 5. The van der Waals surface area contributed by atoms with Gasteiger partial charge in [0, 0.05) is 39.0 Å². The Bertz CT molecular complexity index is 302. The lowest BCUT2D eigenvalue weighted by atomic mass is 10.3. The van der Waals surface area contributed by atoms with Crippen molar-refractivity contribution in [2.45, 2.75) is 12.5 Å². The van der Waals surface area contributed by atoms with Crippen molar-refractivity contribution in [3.8, 4) is 0 Å². The Labute approximate surface area is 97.4 Å². The minimum absolute atomic E-state index is 0.441. The fourth-order valence-electron chi connectivity index (χ4n) is 2.11. The van der Waals surface area contributed by atoms with Crippen LogP contribution in [0.1, 0.15) is 6.42 Å². The summed E-state index contributed by atoms with van der Waals surface area (Å²) in [6.45, 7) is 4.33. The Morgan fingerprint density at radius 1 is 1.38 bits per heavy atom. The molecular formula is C13H20N2O. The molecule has 0 aromatic heterocycles. The first-order valence-electron chi connectivity index (χ1n) is 5.92. The van der Waals surface area contributed by atoms with E-state index < -0.39 is 0 Å². The molecule has 16 heavy (non-hydrogen) atoms. The number of nitrogens with zero attached hydrogens (tertiary/aromatic N) is 1. The quantitative estimate of drug-likeness (QED) is 0.819. The third-order valence-corrected chi connectivity index (χ3v) is 3.09. The minimum atomic E-state index is 0.441. The summed E-state index contributed by atoms with van der Waals surface area (Å²) >= 11 is 0. The maximum Gasteiger partial charge on any atom is 0.0710 e. The number of ether oxygens (including phenoxy) is 1. The first kappa shape index (κ1) is 11.4. The van der Waals surface area contributed by atoms with E-state index in [4.69, 9.17) is 4.74 Å². The molecule has 88 valence electrons. The Morgan fingerprint density at radius 3 is 2.88 bits per heavy atom. The number of nitrogens with one attached hydrogen (secondary N) is 1. The molecule has 1 heterocycles. The van der Waals surface area contributed by atoms with Crippen LogP contribution in [0.5, 0.6) is 0 Å². The van der Waals surface area contributed by atoms with Crippen molar-refractivity contribution in [1.82, 2.24) is 4.90 Å². The molecule has 1 saturated heterocycles. The molecule has 0 spiro atoms. The van der Waals surface area contributed by atoms with Gasteiger partial charge in [0.1, 0.15) is 0 Å². The third-order valence-electron chi connectivity index (χ3n) is 3.09. The van der Waals surface area contributed by atoms with E-state index in [2.05, 4.69) is 34.5 Å². The highest BCUT2D eigenvalue weighted by Crippen LogP contribution is 2.11. The summed E-state index contributed by atoms with van der Waals surface area (Å²) < 4.78 is 5.34. The Balaban J connectivity index is 1.65. The van der Waals surface area contributed by atoms with Crippen LogP contribution < -0.4 is 5.32 Å². The van der Waals surface area contributed by atoms with E-state index in [0.29, 0.717) is 6.10 Å². The van der Waals surface area contributed by atoms with Gasteiger partial charge < -0.3 is 10.1 Å². The number of anilines is 1. The van der Waals surface area contributed by atoms with Crippen molar-refractivity contribution in [3.05, 3.63) is 30.3 Å². The van der Waals surface area contributed by atoms with Crippen LogP contribution in [0, 0.1) is 0 Å². The Morgan fingerprint density at radius 2 is 2.19 bits per heavy atom. The zero-order valence-electron chi connectivity index (χ0n) is 9.86. The average molecular weight is 220 g/mol. The molecule has 0 amide bonds. The fraction of sp³-hybridized carbons (Fsp3) is 0.538. The van der Waals surface area contributed by atoms with Crippen LogP contribution in [0.15, 0.2) is 30.3 Å². The predicted octanol–water partition coefficient (Wildman–Crippen LogP) is 1.82. The molecule has 3 heteroatoms. The van der Waals surface area contributed by atoms with Crippen molar-refractivity contribution in [2.24, 2.45) is 0 Å². The van der Waals surface area contributed by atoms with Gasteiger partial charge in [0.2, 0.25) is 0 Å². The normalized spacial score (nSPS) is 21.2. The molecule has 1 N–H and O–H groups in total. The number of benzene rings is 1. The first-order chi connectivity index (χ1) is 7.88. The molecule has 1 atom stereocenters. The first-order valence-corrected chi connectivity index (χ1v) is 5.92. The molecular weight excluding hydrogens is 200 g/mol. The lowest BCUT2D eigenvalue weighted by Crippen LogP contribution is -2.28. The maximum absolute atomic E-state index is 5.34. The van der Waals surface area contributed by atoms with Gasteiger partial charge in [-0.2, -0.15) is 0 Å². The summed E-state index contributed by atoms with van der Waals surface area (Å²) in [6, 6.07) is 10.3. The number of likely N-dealkylation sites (tertiary alicyclic amines) is 1. The molecule has 0 bridgehead atoms. The van der Waals surface area contributed by atoms with Crippen molar-refractivity contribution in [3.63, 3.8) is 0 Å². The standard InChI is InChI=1S/C13H20N2O/c1-16-13-7-9-15(11-13)10-8-14-12-5-3-2-4-6-12/h2-6,13-14H,7-11H2,1H3. The van der Waals surface area contributed by atoms with E-state index in [0.717, 1.165) is 26.2 Å². The Hall–Kier alpha value is -1.06. The molecule has 0 aliphatic carbocycles.